The molecule has 8 nitrogen and oxygen atoms in total. The zero-order valence-electron chi connectivity index (χ0n) is 18.2. The minimum atomic E-state index is -1.11. The molecule has 0 aromatic carbocycles. The number of aryl methyl sites for hydroxylation is 3. The molecular formula is C23H29ClN4O4. The second kappa shape index (κ2) is 11.8. The highest BCUT2D eigenvalue weighted by Crippen LogP contribution is 2.20. The Labute approximate surface area is 192 Å². The lowest BCUT2D eigenvalue weighted by molar-refractivity contribution is -0.139. The summed E-state index contributed by atoms with van der Waals surface area (Å²) in [5.74, 6) is -0.638. The van der Waals surface area contributed by atoms with E-state index < -0.39 is 17.9 Å². The summed E-state index contributed by atoms with van der Waals surface area (Å²) in [6.45, 7) is 3.44. The highest BCUT2D eigenvalue weighted by Gasteiger charge is 2.23. The molecule has 9 heteroatoms. The first-order chi connectivity index (χ1) is 15.5. The van der Waals surface area contributed by atoms with Crippen LogP contribution in [0.15, 0.2) is 24.5 Å². The molecule has 172 valence electrons. The first-order valence-electron chi connectivity index (χ1n) is 10.9. The fourth-order valence-corrected chi connectivity index (χ4v) is 3.92. The van der Waals surface area contributed by atoms with E-state index >= 15 is 0 Å². The maximum Gasteiger partial charge on any atom is 0.326 e. The van der Waals surface area contributed by atoms with E-state index in [1.807, 2.05) is 0 Å². The number of halogens is 1. The fourth-order valence-electron chi connectivity index (χ4n) is 3.63. The third-order valence-corrected chi connectivity index (χ3v) is 5.68. The lowest BCUT2D eigenvalue weighted by Gasteiger charge is -2.17. The number of aliphatic carboxylic acids is 1. The van der Waals surface area contributed by atoms with E-state index in [9.17, 15) is 14.7 Å². The van der Waals surface area contributed by atoms with Crippen molar-refractivity contribution < 1.29 is 19.4 Å². The zero-order chi connectivity index (χ0) is 22.9. The van der Waals surface area contributed by atoms with Crippen LogP contribution in [0.25, 0.3) is 0 Å². The van der Waals surface area contributed by atoms with Crippen LogP contribution in [0.5, 0.6) is 0 Å². The van der Waals surface area contributed by atoms with Crippen molar-refractivity contribution in [3.63, 3.8) is 0 Å². The number of carboxylic acids is 1. The number of fused-ring (bicyclic) bond motifs is 1. The number of aromatic nitrogens is 2. The second-order valence-electron chi connectivity index (χ2n) is 7.88. The number of hydrogen-bond donors (Lipinski definition) is 3. The molecule has 3 N–H and O–H groups in total. The highest BCUT2D eigenvalue weighted by atomic mass is 35.5. The molecule has 0 unspecified atom stereocenters. The Morgan fingerprint density at radius 2 is 2.12 bits per heavy atom. The molecule has 0 aliphatic carbocycles. The molecule has 0 radical (unpaired) electrons. The van der Waals surface area contributed by atoms with E-state index in [0.717, 1.165) is 50.2 Å². The summed E-state index contributed by atoms with van der Waals surface area (Å²) < 4.78 is 5.59. The van der Waals surface area contributed by atoms with Crippen LogP contribution >= 0.6 is 11.6 Å². The molecule has 2 aromatic rings. The van der Waals surface area contributed by atoms with Crippen LogP contribution in [0.3, 0.4) is 0 Å². The Morgan fingerprint density at radius 3 is 2.91 bits per heavy atom. The van der Waals surface area contributed by atoms with Gasteiger partial charge in [-0.15, -0.1) is 0 Å². The topological polar surface area (TPSA) is 113 Å². The van der Waals surface area contributed by atoms with Gasteiger partial charge in [0, 0.05) is 44.3 Å². The van der Waals surface area contributed by atoms with Crippen LogP contribution in [0.1, 0.15) is 52.9 Å². The van der Waals surface area contributed by atoms with Crippen LogP contribution < -0.4 is 10.6 Å². The molecule has 0 bridgehead atoms. The van der Waals surface area contributed by atoms with Gasteiger partial charge < -0.3 is 20.5 Å². The number of nitrogens with zero attached hydrogens (tertiary/aromatic N) is 2. The van der Waals surface area contributed by atoms with Gasteiger partial charge in [0.25, 0.3) is 5.91 Å². The molecule has 2 aromatic heterocycles. The maximum atomic E-state index is 12.5. The number of nitrogens with one attached hydrogen (secondary N) is 2. The normalized spacial score (nSPS) is 13.7. The summed E-state index contributed by atoms with van der Waals surface area (Å²) in [6.07, 6.45) is 7.92. The van der Waals surface area contributed by atoms with Crippen molar-refractivity contribution >= 4 is 29.3 Å². The van der Waals surface area contributed by atoms with Crippen molar-refractivity contribution in [2.75, 3.05) is 25.1 Å². The Bertz CT molecular complexity index is 933. The molecule has 1 aliphatic heterocycles. The average Bonchev–Trinajstić information content (AvgIpc) is 2.77. The minimum Gasteiger partial charge on any atom is -0.480 e. The molecule has 0 saturated heterocycles. The number of pyridine rings is 2. The number of amides is 1. The molecule has 0 spiro atoms. The van der Waals surface area contributed by atoms with Crippen molar-refractivity contribution in [3.8, 4) is 0 Å². The first-order valence-corrected chi connectivity index (χ1v) is 11.3. The molecule has 3 rings (SSSR count). The van der Waals surface area contributed by atoms with Gasteiger partial charge in [-0.1, -0.05) is 17.7 Å². The minimum absolute atomic E-state index is 0.168. The van der Waals surface area contributed by atoms with Crippen molar-refractivity contribution in [1.29, 1.82) is 0 Å². The Balaban J connectivity index is 1.36. The van der Waals surface area contributed by atoms with Crippen molar-refractivity contribution in [2.24, 2.45) is 0 Å². The summed E-state index contributed by atoms with van der Waals surface area (Å²) in [5.41, 5.74) is 3.17. The third kappa shape index (κ3) is 6.64. The van der Waals surface area contributed by atoms with Crippen LogP contribution in [-0.2, 0) is 22.4 Å². The van der Waals surface area contributed by atoms with Crippen LogP contribution in [-0.4, -0.2) is 52.8 Å². The van der Waals surface area contributed by atoms with Crippen molar-refractivity contribution in [2.45, 2.75) is 51.5 Å². The van der Waals surface area contributed by atoms with E-state index in [2.05, 4.69) is 32.7 Å². The quantitative estimate of drug-likeness (QED) is 0.440. The van der Waals surface area contributed by atoms with Crippen molar-refractivity contribution in [1.82, 2.24) is 15.3 Å². The number of carbonyl (C=O) groups excluding carboxylic acids is 1. The van der Waals surface area contributed by atoms with Gasteiger partial charge in [0.2, 0.25) is 0 Å². The van der Waals surface area contributed by atoms with Crippen molar-refractivity contribution in [3.05, 3.63) is 51.9 Å². The van der Waals surface area contributed by atoms with Gasteiger partial charge in [-0.2, -0.15) is 0 Å². The van der Waals surface area contributed by atoms with E-state index in [1.54, 1.807) is 6.92 Å². The molecule has 0 fully saturated rings. The van der Waals surface area contributed by atoms with Gasteiger partial charge >= 0.3 is 5.97 Å². The number of ether oxygens (including phenoxy) is 1. The van der Waals surface area contributed by atoms with E-state index in [0.29, 0.717) is 12.2 Å². The van der Waals surface area contributed by atoms with E-state index in [1.165, 1.54) is 18.0 Å². The lowest BCUT2D eigenvalue weighted by atomic mass is 10.1. The predicted molar refractivity (Wildman–Crippen MR) is 122 cm³/mol. The van der Waals surface area contributed by atoms with Gasteiger partial charge in [-0.05, 0) is 56.2 Å². The lowest BCUT2D eigenvalue weighted by Crippen LogP contribution is -2.42. The largest absolute Gasteiger partial charge is 0.480 e. The number of unbranched alkanes of at least 4 members (excludes halogenated alkanes) is 1. The summed E-state index contributed by atoms with van der Waals surface area (Å²) in [4.78, 5) is 32.6. The Morgan fingerprint density at radius 1 is 1.28 bits per heavy atom. The number of carbonyl (C=O) groups is 2. The summed E-state index contributed by atoms with van der Waals surface area (Å²) in [6, 6.07) is 3.18. The first kappa shape index (κ1) is 23.9. The van der Waals surface area contributed by atoms with Crippen LogP contribution in [0.4, 0.5) is 5.82 Å². The summed E-state index contributed by atoms with van der Waals surface area (Å²) in [5, 5.41) is 15.5. The van der Waals surface area contributed by atoms with E-state index in [-0.39, 0.29) is 23.6 Å². The van der Waals surface area contributed by atoms with Crippen LogP contribution in [0, 0.1) is 6.92 Å². The maximum absolute atomic E-state index is 12.5. The van der Waals surface area contributed by atoms with Gasteiger partial charge in [0.05, 0.1) is 10.6 Å². The van der Waals surface area contributed by atoms with Gasteiger partial charge in [0.1, 0.15) is 11.9 Å². The molecule has 0 saturated carbocycles. The number of rotatable bonds is 11. The summed E-state index contributed by atoms with van der Waals surface area (Å²) in [7, 11) is 0. The zero-order valence-corrected chi connectivity index (χ0v) is 19.0. The van der Waals surface area contributed by atoms with Gasteiger partial charge in [0.15, 0.2) is 0 Å². The number of carboxylic acid groups (broad SMARTS) is 1. The standard InChI is InChI=1S/C23H29ClN4O4/c1-15-13-25-14-18(24)20(15)22(29)28-19(23(30)31)9-12-32-11-3-2-6-17-8-7-16-5-4-10-26-21(16)27-17/h7-8,13-14,19H,2-6,9-12H2,1H3,(H,26,27)(H,28,29)(H,30,31)/t19-/m0/s1. The Kier molecular flexibility index (Phi) is 8.81. The third-order valence-electron chi connectivity index (χ3n) is 5.39. The number of hydrogen-bond acceptors (Lipinski definition) is 6. The molecule has 1 aliphatic rings. The molecule has 32 heavy (non-hydrogen) atoms. The van der Waals surface area contributed by atoms with Gasteiger partial charge in [-0.25, -0.2) is 9.78 Å². The van der Waals surface area contributed by atoms with Crippen LogP contribution in [0.2, 0.25) is 5.02 Å². The average molecular weight is 461 g/mol. The Hall–Kier alpha value is -2.71. The predicted octanol–water partition coefficient (Wildman–Crippen LogP) is 3.41. The van der Waals surface area contributed by atoms with Gasteiger partial charge in [-0.3, -0.25) is 9.78 Å². The molecule has 1 amide bonds. The van der Waals surface area contributed by atoms with E-state index in [4.69, 9.17) is 16.3 Å². The molecule has 1 atom stereocenters. The summed E-state index contributed by atoms with van der Waals surface area (Å²) >= 11 is 6.04. The molecule has 3 heterocycles. The highest BCUT2D eigenvalue weighted by molar-refractivity contribution is 6.33. The second-order valence-corrected chi connectivity index (χ2v) is 8.28. The fraction of sp³-hybridized carbons (Fsp3) is 0.478. The number of anilines is 1. The monoisotopic (exact) mass is 460 g/mol. The SMILES string of the molecule is Cc1cncc(Cl)c1C(=O)N[C@@H](CCOCCCCc1ccc2c(n1)NCCC2)C(=O)O. The smallest absolute Gasteiger partial charge is 0.326 e. The molecular weight excluding hydrogens is 432 g/mol.